The first-order valence-corrected chi connectivity index (χ1v) is 4.69. The van der Waals surface area contributed by atoms with Gasteiger partial charge in [-0.25, -0.2) is 4.39 Å². The molecule has 0 saturated carbocycles. The van der Waals surface area contributed by atoms with Crippen molar-refractivity contribution < 1.29 is 14.3 Å². The van der Waals surface area contributed by atoms with Crippen molar-refractivity contribution in [2.45, 2.75) is 31.7 Å². The summed E-state index contributed by atoms with van der Waals surface area (Å²) in [5.74, 6) is -0.592. The minimum atomic E-state index is -1.88. The number of halogens is 1. The molecule has 1 amide bonds. The van der Waals surface area contributed by atoms with Crippen LogP contribution in [0.3, 0.4) is 0 Å². The lowest BCUT2D eigenvalue weighted by atomic mass is 10.1. The fourth-order valence-electron chi connectivity index (χ4n) is 1.62. The van der Waals surface area contributed by atoms with E-state index in [1.807, 2.05) is 0 Å². The zero-order valence-electron chi connectivity index (χ0n) is 8.75. The number of carbonyl (C=O) groups excluding carboxylic acids is 1. The fraction of sp³-hybridized carbons (Fsp3) is 0.889. The maximum Gasteiger partial charge on any atom is 0.259 e. The first-order chi connectivity index (χ1) is 6.34. The van der Waals surface area contributed by atoms with Gasteiger partial charge in [-0.3, -0.25) is 4.79 Å². The van der Waals surface area contributed by atoms with E-state index in [1.165, 1.54) is 25.8 Å². The number of likely N-dealkylation sites (N-methyl/N-ethyl adjacent to an activating group) is 1. The van der Waals surface area contributed by atoms with Gasteiger partial charge in [-0.1, -0.05) is 0 Å². The average molecular weight is 204 g/mol. The van der Waals surface area contributed by atoms with Crippen molar-refractivity contribution in [1.82, 2.24) is 10.2 Å². The second kappa shape index (κ2) is 3.82. The normalized spacial score (nSPS) is 27.8. The van der Waals surface area contributed by atoms with Crippen LogP contribution in [0, 0.1) is 0 Å². The third-order valence-corrected chi connectivity index (χ3v) is 2.48. The molecule has 0 radical (unpaired) electrons. The number of hydrogen-bond donors (Lipinski definition) is 2. The van der Waals surface area contributed by atoms with Crippen molar-refractivity contribution in [3.8, 4) is 0 Å². The van der Waals surface area contributed by atoms with Crippen molar-refractivity contribution in [3.63, 3.8) is 0 Å². The highest BCUT2D eigenvalue weighted by Gasteiger charge is 2.37. The van der Waals surface area contributed by atoms with Gasteiger partial charge < -0.3 is 15.3 Å². The lowest BCUT2D eigenvalue weighted by Gasteiger charge is -2.30. The Labute approximate surface area is 83.1 Å². The molecule has 0 aromatic rings. The Kier molecular flexibility index (Phi) is 3.11. The van der Waals surface area contributed by atoms with Gasteiger partial charge in [-0.2, -0.15) is 0 Å². The maximum atomic E-state index is 13.3. The van der Waals surface area contributed by atoms with E-state index in [4.69, 9.17) is 0 Å². The molecule has 1 aliphatic heterocycles. The molecule has 82 valence electrons. The Morgan fingerprint density at radius 1 is 1.57 bits per heavy atom. The number of aliphatic hydroxyl groups is 1. The summed E-state index contributed by atoms with van der Waals surface area (Å²) in [4.78, 5) is 12.8. The predicted octanol–water partition coefficient (Wildman–Crippen LogP) is -0.474. The SMILES string of the molecule is CN(C(=O)C(C)(C)F)[C@@H]1CNC[C@H]1O. The molecule has 0 aromatic heterocycles. The van der Waals surface area contributed by atoms with Gasteiger partial charge in [0.2, 0.25) is 0 Å². The molecule has 4 nitrogen and oxygen atoms in total. The molecule has 1 rings (SSSR count). The molecule has 1 fully saturated rings. The molecule has 2 N–H and O–H groups in total. The number of carbonyl (C=O) groups is 1. The van der Waals surface area contributed by atoms with Crippen LogP contribution < -0.4 is 5.32 Å². The van der Waals surface area contributed by atoms with Gasteiger partial charge in [0.1, 0.15) is 0 Å². The van der Waals surface area contributed by atoms with Crippen molar-refractivity contribution in [2.24, 2.45) is 0 Å². The molecule has 0 unspecified atom stereocenters. The Morgan fingerprint density at radius 3 is 2.50 bits per heavy atom. The summed E-state index contributed by atoms with van der Waals surface area (Å²) in [6.07, 6.45) is -0.605. The van der Waals surface area contributed by atoms with Crippen LogP contribution in [0.2, 0.25) is 0 Å². The monoisotopic (exact) mass is 204 g/mol. The first kappa shape index (κ1) is 11.4. The van der Waals surface area contributed by atoms with Crippen LogP contribution in [-0.4, -0.2) is 53.9 Å². The number of alkyl halides is 1. The molecule has 0 spiro atoms. The van der Waals surface area contributed by atoms with Crippen LogP contribution in [0.15, 0.2) is 0 Å². The number of nitrogens with zero attached hydrogens (tertiary/aromatic N) is 1. The van der Waals surface area contributed by atoms with E-state index in [-0.39, 0.29) is 6.04 Å². The number of aliphatic hydroxyl groups excluding tert-OH is 1. The molecule has 1 saturated heterocycles. The van der Waals surface area contributed by atoms with E-state index in [1.54, 1.807) is 0 Å². The zero-order chi connectivity index (χ0) is 10.9. The molecule has 0 bridgehead atoms. The van der Waals surface area contributed by atoms with Gasteiger partial charge in [0.05, 0.1) is 12.1 Å². The average Bonchev–Trinajstić information content (AvgIpc) is 2.47. The first-order valence-electron chi connectivity index (χ1n) is 4.69. The highest BCUT2D eigenvalue weighted by Crippen LogP contribution is 2.16. The molecular weight excluding hydrogens is 187 g/mol. The van der Waals surface area contributed by atoms with Gasteiger partial charge in [-0.15, -0.1) is 0 Å². The highest BCUT2D eigenvalue weighted by atomic mass is 19.1. The topological polar surface area (TPSA) is 52.6 Å². The molecule has 1 heterocycles. The van der Waals surface area contributed by atoms with E-state index < -0.39 is 17.7 Å². The lowest BCUT2D eigenvalue weighted by Crippen LogP contribution is -2.50. The van der Waals surface area contributed by atoms with Gasteiger partial charge in [0.15, 0.2) is 5.67 Å². The van der Waals surface area contributed by atoms with Gasteiger partial charge in [0.25, 0.3) is 5.91 Å². The standard InChI is InChI=1S/C9H17FN2O2/c1-9(2,10)8(14)12(3)6-4-11-5-7(6)13/h6-7,11,13H,4-5H2,1-3H3/t6-,7-/m1/s1. The maximum absolute atomic E-state index is 13.3. The van der Waals surface area contributed by atoms with Crippen molar-refractivity contribution in [1.29, 1.82) is 0 Å². The highest BCUT2D eigenvalue weighted by molar-refractivity contribution is 5.84. The Bertz CT molecular complexity index is 227. The molecular formula is C9H17FN2O2. The van der Waals surface area contributed by atoms with E-state index >= 15 is 0 Å². The second-order valence-electron chi connectivity index (χ2n) is 4.18. The molecule has 1 aliphatic rings. The number of rotatable bonds is 2. The number of amides is 1. The van der Waals surface area contributed by atoms with Crippen molar-refractivity contribution >= 4 is 5.91 Å². The molecule has 0 aliphatic carbocycles. The fourth-order valence-corrected chi connectivity index (χ4v) is 1.62. The van der Waals surface area contributed by atoms with Gasteiger partial charge >= 0.3 is 0 Å². The molecule has 0 aromatic carbocycles. The third-order valence-electron chi connectivity index (χ3n) is 2.48. The van der Waals surface area contributed by atoms with E-state index in [0.29, 0.717) is 13.1 Å². The summed E-state index contributed by atoms with van der Waals surface area (Å²) in [6, 6.07) is -0.322. The van der Waals surface area contributed by atoms with E-state index in [2.05, 4.69) is 5.32 Å². The summed E-state index contributed by atoms with van der Waals surface area (Å²) in [6.45, 7) is 3.41. The Balaban J connectivity index is 2.65. The molecule has 5 heteroatoms. The predicted molar refractivity (Wildman–Crippen MR) is 50.6 cm³/mol. The minimum absolute atomic E-state index is 0.322. The van der Waals surface area contributed by atoms with Crippen LogP contribution >= 0.6 is 0 Å². The van der Waals surface area contributed by atoms with E-state index in [0.717, 1.165) is 0 Å². The Morgan fingerprint density at radius 2 is 2.14 bits per heavy atom. The van der Waals surface area contributed by atoms with Crippen molar-refractivity contribution in [3.05, 3.63) is 0 Å². The summed E-state index contributed by atoms with van der Waals surface area (Å²) in [5, 5.41) is 12.4. The quantitative estimate of drug-likeness (QED) is 0.639. The smallest absolute Gasteiger partial charge is 0.259 e. The van der Waals surface area contributed by atoms with Gasteiger partial charge in [-0.05, 0) is 13.8 Å². The summed E-state index contributed by atoms with van der Waals surface area (Å²) in [7, 11) is 1.52. The molecule has 14 heavy (non-hydrogen) atoms. The lowest BCUT2D eigenvalue weighted by molar-refractivity contribution is -0.144. The minimum Gasteiger partial charge on any atom is -0.390 e. The summed E-state index contributed by atoms with van der Waals surface area (Å²) in [5.41, 5.74) is -1.88. The number of nitrogens with one attached hydrogen (secondary N) is 1. The van der Waals surface area contributed by atoms with Crippen molar-refractivity contribution in [2.75, 3.05) is 20.1 Å². The van der Waals surface area contributed by atoms with Crippen LogP contribution in [0.25, 0.3) is 0 Å². The Hall–Kier alpha value is -0.680. The van der Waals surface area contributed by atoms with Crippen LogP contribution in [-0.2, 0) is 4.79 Å². The van der Waals surface area contributed by atoms with Crippen LogP contribution in [0.1, 0.15) is 13.8 Å². The van der Waals surface area contributed by atoms with Gasteiger partial charge in [0, 0.05) is 20.1 Å². The summed E-state index contributed by atoms with van der Waals surface area (Å²) >= 11 is 0. The van der Waals surface area contributed by atoms with E-state index in [9.17, 15) is 14.3 Å². The zero-order valence-corrected chi connectivity index (χ0v) is 8.75. The second-order valence-corrected chi connectivity index (χ2v) is 4.18. The number of β-amino-alcohol motifs (C(OH)–C–C–N with tert-alkyl or cyclic N) is 1. The van der Waals surface area contributed by atoms with Crippen LogP contribution in [0.4, 0.5) is 4.39 Å². The molecule has 2 atom stereocenters. The number of hydrogen-bond acceptors (Lipinski definition) is 3. The third kappa shape index (κ3) is 2.22. The van der Waals surface area contributed by atoms with Crippen LogP contribution in [0.5, 0.6) is 0 Å². The largest absolute Gasteiger partial charge is 0.390 e. The summed E-state index contributed by atoms with van der Waals surface area (Å²) < 4.78 is 13.3.